The van der Waals surface area contributed by atoms with Crippen LogP contribution in [0.2, 0.25) is 0 Å². The molecule has 1 aliphatic rings. The van der Waals surface area contributed by atoms with Crippen molar-refractivity contribution in [3.05, 3.63) is 58.6 Å². The Morgan fingerprint density at radius 3 is 2.73 bits per heavy atom. The summed E-state index contributed by atoms with van der Waals surface area (Å²) in [5.41, 5.74) is 7.20. The fourth-order valence-electron chi connectivity index (χ4n) is 4.11. The molecule has 3 aromatic rings. The van der Waals surface area contributed by atoms with Crippen LogP contribution in [0.25, 0.3) is 11.3 Å². The predicted molar refractivity (Wildman–Crippen MR) is 102 cm³/mol. The van der Waals surface area contributed by atoms with E-state index in [9.17, 15) is 0 Å². The van der Waals surface area contributed by atoms with Gasteiger partial charge in [0.1, 0.15) is 5.76 Å². The topological polar surface area (TPSA) is 58.0 Å². The molecule has 1 aliphatic heterocycles. The number of likely N-dealkylation sites (tertiary alicyclic amines) is 1. The monoisotopic (exact) mass is 350 g/mol. The van der Waals surface area contributed by atoms with Crippen molar-refractivity contribution in [1.29, 1.82) is 0 Å². The summed E-state index contributed by atoms with van der Waals surface area (Å²) in [4.78, 5) is 2.53. The first kappa shape index (κ1) is 17.0. The molecule has 5 nitrogen and oxygen atoms in total. The molecule has 1 fully saturated rings. The quantitative estimate of drug-likeness (QED) is 0.732. The molecule has 5 heteroatoms. The highest BCUT2D eigenvalue weighted by Crippen LogP contribution is 2.37. The molecule has 26 heavy (non-hydrogen) atoms. The predicted octanol–water partition coefficient (Wildman–Crippen LogP) is 4.58. The number of aromatic amines is 1. The van der Waals surface area contributed by atoms with Crippen molar-refractivity contribution >= 4 is 0 Å². The molecule has 3 heterocycles. The van der Waals surface area contributed by atoms with E-state index in [4.69, 9.17) is 4.52 Å². The molecule has 136 valence electrons. The molecule has 0 spiro atoms. The van der Waals surface area contributed by atoms with E-state index in [1.54, 1.807) is 0 Å². The Morgan fingerprint density at radius 2 is 2.04 bits per heavy atom. The largest absolute Gasteiger partial charge is 0.361 e. The number of aromatic nitrogens is 3. The Labute approximate surface area is 154 Å². The van der Waals surface area contributed by atoms with Crippen LogP contribution in [0.5, 0.6) is 0 Å². The van der Waals surface area contributed by atoms with Gasteiger partial charge in [-0.25, -0.2) is 0 Å². The molecule has 0 aliphatic carbocycles. The smallest absolute Gasteiger partial charge is 0.138 e. The van der Waals surface area contributed by atoms with E-state index in [-0.39, 0.29) is 0 Å². The van der Waals surface area contributed by atoms with Gasteiger partial charge in [0, 0.05) is 23.7 Å². The van der Waals surface area contributed by atoms with Gasteiger partial charge in [-0.2, -0.15) is 5.10 Å². The number of nitrogens with zero attached hydrogens (tertiary/aromatic N) is 3. The van der Waals surface area contributed by atoms with Gasteiger partial charge in [0.2, 0.25) is 0 Å². The minimum Gasteiger partial charge on any atom is -0.361 e. The highest BCUT2D eigenvalue weighted by molar-refractivity contribution is 5.62. The van der Waals surface area contributed by atoms with E-state index in [1.807, 2.05) is 20.0 Å². The molecule has 4 rings (SSSR count). The van der Waals surface area contributed by atoms with Crippen LogP contribution in [-0.2, 0) is 13.0 Å². The summed E-state index contributed by atoms with van der Waals surface area (Å²) in [6.45, 7) is 8.22. The van der Waals surface area contributed by atoms with Crippen LogP contribution in [0.4, 0.5) is 0 Å². The standard InChI is InChI=1S/C21H26N4O/c1-4-16-7-9-17(10-8-16)21-18(12-22-23-21)13-25-11-5-6-19(25)20-14(2)24-26-15(20)3/h7-10,12,19H,4-6,11,13H2,1-3H3,(H,22,23)/t19-/m0/s1. The SMILES string of the molecule is CCc1ccc(-c2[nH]ncc2CN2CCC[C@H]2c2c(C)noc2C)cc1. The van der Waals surface area contributed by atoms with Crippen LogP contribution < -0.4 is 0 Å². The maximum atomic E-state index is 5.41. The molecule has 0 saturated carbocycles. The average Bonchev–Trinajstić information content (AvgIpc) is 3.37. The lowest BCUT2D eigenvalue weighted by atomic mass is 10.0. The molecule has 1 N–H and O–H groups in total. The van der Waals surface area contributed by atoms with E-state index in [2.05, 4.69) is 51.4 Å². The molecule has 0 radical (unpaired) electrons. The van der Waals surface area contributed by atoms with E-state index in [0.29, 0.717) is 6.04 Å². The van der Waals surface area contributed by atoms with E-state index in [1.165, 1.54) is 28.7 Å². The second-order valence-electron chi connectivity index (χ2n) is 7.19. The van der Waals surface area contributed by atoms with Crippen LogP contribution in [0.3, 0.4) is 0 Å². The summed E-state index contributed by atoms with van der Waals surface area (Å²) in [6.07, 6.45) is 5.38. The molecule has 0 amide bonds. The third-order valence-electron chi connectivity index (χ3n) is 5.53. The number of benzene rings is 1. The van der Waals surface area contributed by atoms with Gasteiger partial charge in [-0.15, -0.1) is 0 Å². The first-order valence-electron chi connectivity index (χ1n) is 9.45. The van der Waals surface area contributed by atoms with Crippen molar-refractivity contribution in [3.8, 4) is 11.3 Å². The van der Waals surface area contributed by atoms with Crippen molar-refractivity contribution < 1.29 is 4.52 Å². The van der Waals surface area contributed by atoms with Crippen LogP contribution in [0.15, 0.2) is 35.0 Å². The molecule has 1 aromatic carbocycles. The van der Waals surface area contributed by atoms with Gasteiger partial charge >= 0.3 is 0 Å². The third-order valence-corrected chi connectivity index (χ3v) is 5.53. The zero-order valence-corrected chi connectivity index (χ0v) is 15.7. The molecular formula is C21H26N4O. The summed E-state index contributed by atoms with van der Waals surface area (Å²) in [6, 6.07) is 9.15. The molecule has 0 bridgehead atoms. The number of H-pyrrole nitrogens is 1. The van der Waals surface area contributed by atoms with Gasteiger partial charge < -0.3 is 4.52 Å². The molecule has 2 aromatic heterocycles. The van der Waals surface area contributed by atoms with E-state index < -0.39 is 0 Å². The normalized spacial score (nSPS) is 17.9. The number of aryl methyl sites for hydroxylation is 3. The summed E-state index contributed by atoms with van der Waals surface area (Å²) in [5, 5.41) is 11.7. The minimum atomic E-state index is 0.381. The Kier molecular flexibility index (Phi) is 4.64. The van der Waals surface area contributed by atoms with Crippen LogP contribution >= 0.6 is 0 Å². The highest BCUT2D eigenvalue weighted by Gasteiger charge is 2.31. The molecule has 1 atom stereocenters. The Morgan fingerprint density at radius 1 is 1.23 bits per heavy atom. The Balaban J connectivity index is 1.59. The van der Waals surface area contributed by atoms with Crippen molar-refractivity contribution in [2.45, 2.75) is 52.6 Å². The zero-order valence-electron chi connectivity index (χ0n) is 15.7. The van der Waals surface area contributed by atoms with Crippen LogP contribution in [0, 0.1) is 13.8 Å². The fraction of sp³-hybridized carbons (Fsp3) is 0.429. The Hall–Kier alpha value is -2.40. The highest BCUT2D eigenvalue weighted by atomic mass is 16.5. The maximum Gasteiger partial charge on any atom is 0.138 e. The van der Waals surface area contributed by atoms with Gasteiger partial charge in [-0.3, -0.25) is 10.00 Å². The van der Waals surface area contributed by atoms with Crippen molar-refractivity contribution in [3.63, 3.8) is 0 Å². The minimum absolute atomic E-state index is 0.381. The lowest BCUT2D eigenvalue weighted by Gasteiger charge is -2.24. The summed E-state index contributed by atoms with van der Waals surface area (Å²) < 4.78 is 5.41. The lowest BCUT2D eigenvalue weighted by Crippen LogP contribution is -2.23. The van der Waals surface area contributed by atoms with Crippen LogP contribution in [0.1, 0.15) is 54.0 Å². The maximum absolute atomic E-state index is 5.41. The molecule has 0 unspecified atom stereocenters. The summed E-state index contributed by atoms with van der Waals surface area (Å²) >= 11 is 0. The van der Waals surface area contributed by atoms with Crippen molar-refractivity contribution in [2.75, 3.05) is 6.54 Å². The fourth-order valence-corrected chi connectivity index (χ4v) is 4.11. The van der Waals surface area contributed by atoms with Gasteiger partial charge in [0.15, 0.2) is 0 Å². The van der Waals surface area contributed by atoms with Gasteiger partial charge in [0.25, 0.3) is 0 Å². The van der Waals surface area contributed by atoms with Crippen molar-refractivity contribution in [2.24, 2.45) is 0 Å². The molecular weight excluding hydrogens is 324 g/mol. The molecule has 1 saturated heterocycles. The van der Waals surface area contributed by atoms with Crippen molar-refractivity contribution in [1.82, 2.24) is 20.3 Å². The van der Waals surface area contributed by atoms with Gasteiger partial charge in [0.05, 0.1) is 17.6 Å². The lowest BCUT2D eigenvalue weighted by molar-refractivity contribution is 0.246. The van der Waals surface area contributed by atoms with Gasteiger partial charge in [-0.05, 0) is 50.8 Å². The number of nitrogens with one attached hydrogen (secondary N) is 1. The Bertz CT molecular complexity index is 858. The summed E-state index contributed by atoms with van der Waals surface area (Å²) in [7, 11) is 0. The first-order chi connectivity index (χ1) is 12.7. The number of hydrogen-bond donors (Lipinski definition) is 1. The average molecular weight is 350 g/mol. The van der Waals surface area contributed by atoms with Crippen LogP contribution in [-0.4, -0.2) is 26.8 Å². The second kappa shape index (κ2) is 7.08. The van der Waals surface area contributed by atoms with Gasteiger partial charge in [-0.1, -0.05) is 36.3 Å². The van der Waals surface area contributed by atoms with E-state index in [0.717, 1.165) is 43.1 Å². The number of hydrogen-bond acceptors (Lipinski definition) is 4. The van der Waals surface area contributed by atoms with E-state index >= 15 is 0 Å². The zero-order chi connectivity index (χ0) is 18.1. The second-order valence-corrected chi connectivity index (χ2v) is 7.19. The summed E-state index contributed by atoms with van der Waals surface area (Å²) in [5.74, 6) is 0.946. The third kappa shape index (κ3) is 3.07. The number of rotatable bonds is 5. The first-order valence-corrected chi connectivity index (χ1v) is 9.45.